The van der Waals surface area contributed by atoms with Crippen molar-refractivity contribution in [3.8, 4) is 0 Å². The molecule has 0 saturated carbocycles. The van der Waals surface area contributed by atoms with Gasteiger partial charge in [0.1, 0.15) is 0 Å². The second-order valence-corrected chi connectivity index (χ2v) is 4.03. The molecule has 1 atom stereocenters. The minimum absolute atomic E-state index is 0.679. The van der Waals surface area contributed by atoms with Crippen LogP contribution in [0, 0.1) is 5.92 Å². The van der Waals surface area contributed by atoms with Crippen LogP contribution in [0.3, 0.4) is 0 Å². The highest BCUT2D eigenvalue weighted by Gasteiger charge is 2.05. The van der Waals surface area contributed by atoms with Crippen LogP contribution in [0.1, 0.15) is 13.8 Å². The molecular weight excluding hydrogens is 184 g/mol. The summed E-state index contributed by atoms with van der Waals surface area (Å²) < 4.78 is 0. The Labute approximate surface area is 86.9 Å². The van der Waals surface area contributed by atoms with Gasteiger partial charge in [-0.15, -0.1) is 0 Å². The Kier molecular flexibility index (Phi) is 7.33. The van der Waals surface area contributed by atoms with E-state index in [4.69, 9.17) is 11.6 Å². The maximum absolute atomic E-state index is 5.59. The second kappa shape index (κ2) is 7.36. The standard InChI is InChI=1S/C10H21ClN2/c1-9(5-11)7-13(4)8-10(2)6-12-3/h5,10,12H,6-8H2,1-4H3. The van der Waals surface area contributed by atoms with Gasteiger partial charge < -0.3 is 10.2 Å². The SMILES string of the molecule is CNCC(C)CN(C)CC(C)=CCl. The molecule has 0 aliphatic carbocycles. The summed E-state index contributed by atoms with van der Waals surface area (Å²) in [5.41, 5.74) is 2.86. The molecule has 0 aliphatic heterocycles. The minimum Gasteiger partial charge on any atom is -0.319 e. The van der Waals surface area contributed by atoms with Crippen LogP contribution in [0.25, 0.3) is 0 Å². The molecule has 13 heavy (non-hydrogen) atoms. The minimum atomic E-state index is 0.679. The van der Waals surface area contributed by atoms with Crippen molar-refractivity contribution < 1.29 is 0 Å². The fourth-order valence-corrected chi connectivity index (χ4v) is 1.54. The Balaban J connectivity index is 3.67. The molecule has 0 spiro atoms. The first-order chi connectivity index (χ1) is 6.10. The number of nitrogens with zero attached hydrogens (tertiary/aromatic N) is 1. The number of hydrogen-bond acceptors (Lipinski definition) is 2. The number of rotatable bonds is 6. The summed E-state index contributed by atoms with van der Waals surface area (Å²) in [5.74, 6) is 0.679. The summed E-state index contributed by atoms with van der Waals surface area (Å²) in [6, 6.07) is 0. The van der Waals surface area contributed by atoms with Gasteiger partial charge in [0.2, 0.25) is 0 Å². The number of nitrogens with one attached hydrogen (secondary N) is 1. The van der Waals surface area contributed by atoms with E-state index in [0.717, 1.165) is 19.6 Å². The monoisotopic (exact) mass is 204 g/mol. The van der Waals surface area contributed by atoms with E-state index in [-0.39, 0.29) is 0 Å². The summed E-state index contributed by atoms with van der Waals surface area (Å²) in [5, 5.41) is 3.17. The molecule has 0 aromatic carbocycles. The van der Waals surface area contributed by atoms with Gasteiger partial charge in [-0.1, -0.05) is 18.5 Å². The average Bonchev–Trinajstić information content (AvgIpc) is 2.04. The predicted molar refractivity (Wildman–Crippen MR) is 60.2 cm³/mol. The Hall–Kier alpha value is -0.0500. The molecule has 0 aliphatic rings. The molecular formula is C10H21ClN2. The molecule has 2 nitrogen and oxygen atoms in total. The van der Waals surface area contributed by atoms with Gasteiger partial charge in [-0.2, -0.15) is 0 Å². The predicted octanol–water partition coefficient (Wildman–Crippen LogP) is 1.92. The third-order valence-corrected chi connectivity index (χ3v) is 2.25. The van der Waals surface area contributed by atoms with E-state index < -0.39 is 0 Å². The zero-order chi connectivity index (χ0) is 10.3. The lowest BCUT2D eigenvalue weighted by atomic mass is 10.1. The molecule has 0 bridgehead atoms. The molecule has 1 N–H and O–H groups in total. The van der Waals surface area contributed by atoms with Crippen LogP contribution in [0.15, 0.2) is 11.1 Å². The fourth-order valence-electron chi connectivity index (χ4n) is 1.47. The van der Waals surface area contributed by atoms with Gasteiger partial charge in [0.05, 0.1) is 0 Å². The lowest BCUT2D eigenvalue weighted by Gasteiger charge is -2.21. The Morgan fingerprint density at radius 1 is 1.62 bits per heavy atom. The first-order valence-corrected chi connectivity index (χ1v) is 5.12. The van der Waals surface area contributed by atoms with Gasteiger partial charge in [-0.25, -0.2) is 0 Å². The summed E-state index contributed by atoms with van der Waals surface area (Å²) >= 11 is 5.59. The van der Waals surface area contributed by atoms with Gasteiger partial charge >= 0.3 is 0 Å². The Bertz CT molecular complexity index is 157. The van der Waals surface area contributed by atoms with Gasteiger partial charge in [0.15, 0.2) is 0 Å². The first kappa shape index (κ1) is 12.9. The Morgan fingerprint density at radius 2 is 2.23 bits per heavy atom. The smallest absolute Gasteiger partial charge is 0.0198 e. The molecule has 0 amide bonds. The number of halogens is 1. The molecule has 0 aromatic heterocycles. The van der Waals surface area contributed by atoms with Crippen LogP contribution < -0.4 is 5.32 Å². The molecule has 0 saturated heterocycles. The third-order valence-electron chi connectivity index (χ3n) is 1.88. The maximum Gasteiger partial charge on any atom is 0.0198 e. The van der Waals surface area contributed by atoms with E-state index in [2.05, 4.69) is 24.2 Å². The highest BCUT2D eigenvalue weighted by atomic mass is 35.5. The Morgan fingerprint density at radius 3 is 2.69 bits per heavy atom. The summed E-state index contributed by atoms with van der Waals surface area (Å²) in [7, 11) is 4.11. The first-order valence-electron chi connectivity index (χ1n) is 4.69. The highest BCUT2D eigenvalue weighted by molar-refractivity contribution is 6.25. The van der Waals surface area contributed by atoms with E-state index >= 15 is 0 Å². The van der Waals surface area contributed by atoms with Crippen LogP contribution in [0.2, 0.25) is 0 Å². The van der Waals surface area contributed by atoms with Crippen molar-refractivity contribution in [2.75, 3.05) is 33.7 Å². The third kappa shape index (κ3) is 7.05. The molecule has 78 valence electrons. The molecule has 0 rings (SSSR count). The molecule has 0 heterocycles. The molecule has 0 aromatic rings. The van der Waals surface area contributed by atoms with Crippen molar-refractivity contribution in [3.05, 3.63) is 11.1 Å². The van der Waals surface area contributed by atoms with Crippen LogP contribution in [-0.2, 0) is 0 Å². The summed E-state index contributed by atoms with van der Waals surface area (Å²) in [6.45, 7) is 7.41. The van der Waals surface area contributed by atoms with E-state index in [1.165, 1.54) is 5.57 Å². The summed E-state index contributed by atoms with van der Waals surface area (Å²) in [6.07, 6.45) is 0. The normalized spacial score (nSPS) is 15.1. The van der Waals surface area contributed by atoms with E-state index in [0.29, 0.717) is 5.92 Å². The molecule has 0 fully saturated rings. The zero-order valence-corrected chi connectivity index (χ0v) is 9.86. The number of hydrogen-bond donors (Lipinski definition) is 1. The highest BCUT2D eigenvalue weighted by Crippen LogP contribution is 2.01. The quantitative estimate of drug-likeness (QED) is 0.711. The van der Waals surface area contributed by atoms with Gasteiger partial charge in [-0.05, 0) is 39.1 Å². The van der Waals surface area contributed by atoms with Crippen molar-refractivity contribution in [1.82, 2.24) is 10.2 Å². The van der Waals surface area contributed by atoms with Crippen LogP contribution in [0.5, 0.6) is 0 Å². The topological polar surface area (TPSA) is 15.3 Å². The van der Waals surface area contributed by atoms with Crippen molar-refractivity contribution in [3.63, 3.8) is 0 Å². The van der Waals surface area contributed by atoms with Crippen LogP contribution in [0.4, 0.5) is 0 Å². The van der Waals surface area contributed by atoms with Crippen molar-refractivity contribution >= 4 is 11.6 Å². The van der Waals surface area contributed by atoms with Crippen molar-refractivity contribution in [1.29, 1.82) is 0 Å². The zero-order valence-electron chi connectivity index (χ0n) is 9.10. The van der Waals surface area contributed by atoms with Gasteiger partial charge in [0.25, 0.3) is 0 Å². The largest absolute Gasteiger partial charge is 0.319 e. The molecule has 0 radical (unpaired) electrons. The second-order valence-electron chi connectivity index (χ2n) is 3.82. The van der Waals surface area contributed by atoms with E-state index in [1.54, 1.807) is 5.54 Å². The lowest BCUT2D eigenvalue weighted by Crippen LogP contribution is -2.30. The average molecular weight is 205 g/mol. The van der Waals surface area contributed by atoms with E-state index in [1.807, 2.05) is 14.0 Å². The van der Waals surface area contributed by atoms with Crippen LogP contribution in [-0.4, -0.2) is 38.6 Å². The lowest BCUT2D eigenvalue weighted by molar-refractivity contribution is 0.303. The van der Waals surface area contributed by atoms with Crippen molar-refractivity contribution in [2.24, 2.45) is 5.92 Å². The number of likely N-dealkylation sites (N-methyl/N-ethyl adjacent to an activating group) is 1. The van der Waals surface area contributed by atoms with E-state index in [9.17, 15) is 0 Å². The van der Waals surface area contributed by atoms with Crippen LogP contribution >= 0.6 is 11.6 Å². The van der Waals surface area contributed by atoms with Crippen molar-refractivity contribution in [2.45, 2.75) is 13.8 Å². The molecule has 1 unspecified atom stereocenters. The molecule has 3 heteroatoms. The summed E-state index contributed by atoms with van der Waals surface area (Å²) in [4.78, 5) is 2.29. The van der Waals surface area contributed by atoms with Gasteiger partial charge in [-0.3, -0.25) is 0 Å². The maximum atomic E-state index is 5.59. The van der Waals surface area contributed by atoms with Gasteiger partial charge in [0, 0.05) is 18.6 Å². The fraction of sp³-hybridized carbons (Fsp3) is 0.800.